The van der Waals surface area contributed by atoms with E-state index in [0.717, 1.165) is 12.4 Å². The summed E-state index contributed by atoms with van der Waals surface area (Å²) in [4.78, 5) is 21.1. The van der Waals surface area contributed by atoms with Crippen LogP contribution in [0, 0.1) is 5.41 Å². The summed E-state index contributed by atoms with van der Waals surface area (Å²) >= 11 is 0. The van der Waals surface area contributed by atoms with Gasteiger partial charge in [0, 0.05) is 30.6 Å². The van der Waals surface area contributed by atoms with Crippen LogP contribution in [0.3, 0.4) is 0 Å². The van der Waals surface area contributed by atoms with E-state index in [2.05, 4.69) is 15.3 Å². The number of anilines is 1. The molecular formula is C15H21F3N4O. The Morgan fingerprint density at radius 1 is 1.22 bits per heavy atom. The maximum Gasteiger partial charge on any atom is 0.433 e. The predicted octanol–water partition coefficient (Wildman–Crippen LogP) is 2.94. The van der Waals surface area contributed by atoms with Crippen LogP contribution in [-0.4, -0.2) is 39.9 Å². The molecule has 8 heteroatoms. The van der Waals surface area contributed by atoms with E-state index in [1.54, 1.807) is 4.90 Å². The number of carbonyl (C=O) groups is 1. The molecule has 0 unspecified atom stereocenters. The number of halogens is 3. The number of hydrogen-bond donors (Lipinski definition) is 1. The summed E-state index contributed by atoms with van der Waals surface area (Å²) in [6.07, 6.45) is -2.23. The summed E-state index contributed by atoms with van der Waals surface area (Å²) in [7, 11) is 0. The summed E-state index contributed by atoms with van der Waals surface area (Å²) in [5.74, 6) is 0.255. The van der Waals surface area contributed by atoms with Gasteiger partial charge in [0.15, 0.2) is 0 Å². The molecule has 0 saturated carbocycles. The SMILES string of the molecule is CC(C)(C)C(=O)N1CCC(Nc2cc(C(F)(F)F)ncn2)CC1. The van der Waals surface area contributed by atoms with E-state index in [9.17, 15) is 18.0 Å². The topological polar surface area (TPSA) is 58.1 Å². The molecule has 0 spiro atoms. The Labute approximate surface area is 133 Å². The molecule has 1 N–H and O–H groups in total. The van der Waals surface area contributed by atoms with E-state index >= 15 is 0 Å². The zero-order chi connectivity index (χ0) is 17.3. The van der Waals surface area contributed by atoms with Crippen LogP contribution < -0.4 is 5.32 Å². The van der Waals surface area contributed by atoms with E-state index in [-0.39, 0.29) is 17.8 Å². The number of rotatable bonds is 2. The minimum Gasteiger partial charge on any atom is -0.367 e. The molecule has 1 aromatic heterocycles. The van der Waals surface area contributed by atoms with Crippen LogP contribution in [0.25, 0.3) is 0 Å². The van der Waals surface area contributed by atoms with Crippen molar-refractivity contribution >= 4 is 11.7 Å². The highest BCUT2D eigenvalue weighted by Crippen LogP contribution is 2.28. The number of nitrogens with zero attached hydrogens (tertiary/aromatic N) is 3. The van der Waals surface area contributed by atoms with Crippen LogP contribution in [-0.2, 0) is 11.0 Å². The van der Waals surface area contributed by atoms with Crippen molar-refractivity contribution < 1.29 is 18.0 Å². The molecule has 2 rings (SSSR count). The first-order chi connectivity index (χ1) is 10.6. The second kappa shape index (κ2) is 6.33. The monoisotopic (exact) mass is 330 g/mol. The first-order valence-corrected chi connectivity index (χ1v) is 7.52. The average molecular weight is 330 g/mol. The van der Waals surface area contributed by atoms with E-state index in [1.165, 1.54) is 0 Å². The van der Waals surface area contributed by atoms with Gasteiger partial charge in [0.25, 0.3) is 0 Å². The molecule has 0 aromatic carbocycles. The molecule has 2 heterocycles. The summed E-state index contributed by atoms with van der Waals surface area (Å²) in [5.41, 5.74) is -1.38. The molecule has 23 heavy (non-hydrogen) atoms. The van der Waals surface area contributed by atoms with Crippen molar-refractivity contribution in [2.45, 2.75) is 45.8 Å². The summed E-state index contributed by atoms with van der Waals surface area (Å²) < 4.78 is 37.9. The predicted molar refractivity (Wildman–Crippen MR) is 79.7 cm³/mol. The number of carbonyl (C=O) groups excluding carboxylic acids is 1. The third-order valence-corrected chi connectivity index (χ3v) is 3.73. The summed E-state index contributed by atoms with van der Waals surface area (Å²) in [5, 5.41) is 3.00. The summed E-state index contributed by atoms with van der Waals surface area (Å²) in [6, 6.07) is 0.905. The maximum atomic E-state index is 12.6. The third kappa shape index (κ3) is 4.56. The van der Waals surface area contributed by atoms with E-state index in [1.807, 2.05) is 20.8 Å². The van der Waals surface area contributed by atoms with Crippen molar-refractivity contribution in [1.29, 1.82) is 0 Å². The van der Waals surface area contributed by atoms with Crippen LogP contribution in [0.2, 0.25) is 0 Å². The van der Waals surface area contributed by atoms with Gasteiger partial charge in [-0.05, 0) is 12.8 Å². The fourth-order valence-corrected chi connectivity index (χ4v) is 2.50. The number of alkyl halides is 3. The van der Waals surface area contributed by atoms with Gasteiger partial charge >= 0.3 is 6.18 Å². The largest absolute Gasteiger partial charge is 0.433 e. The Hall–Kier alpha value is -1.86. The highest BCUT2D eigenvalue weighted by molar-refractivity contribution is 5.81. The zero-order valence-corrected chi connectivity index (χ0v) is 13.4. The lowest BCUT2D eigenvalue weighted by Gasteiger charge is -2.36. The molecule has 1 aliphatic heterocycles. The highest BCUT2D eigenvalue weighted by Gasteiger charge is 2.33. The van der Waals surface area contributed by atoms with Crippen LogP contribution in [0.5, 0.6) is 0 Å². The smallest absolute Gasteiger partial charge is 0.367 e. The van der Waals surface area contributed by atoms with Crippen molar-refractivity contribution in [2.75, 3.05) is 18.4 Å². The highest BCUT2D eigenvalue weighted by atomic mass is 19.4. The standard InChI is InChI=1S/C15H21F3N4O/c1-14(2,3)13(23)22-6-4-10(5-7-22)21-12-8-11(15(16,17)18)19-9-20-12/h8-10H,4-7H2,1-3H3,(H,19,20,21). The van der Waals surface area contributed by atoms with Crippen molar-refractivity contribution in [1.82, 2.24) is 14.9 Å². The molecule has 0 atom stereocenters. The van der Waals surface area contributed by atoms with Gasteiger partial charge in [0.05, 0.1) is 0 Å². The minimum atomic E-state index is -4.48. The van der Waals surface area contributed by atoms with Crippen molar-refractivity contribution in [2.24, 2.45) is 5.41 Å². The third-order valence-electron chi connectivity index (χ3n) is 3.73. The van der Waals surface area contributed by atoms with Crippen LogP contribution >= 0.6 is 0 Å². The van der Waals surface area contributed by atoms with Gasteiger partial charge in [0.2, 0.25) is 5.91 Å². The Bertz CT molecular complexity index is 561. The van der Waals surface area contributed by atoms with Gasteiger partial charge in [-0.25, -0.2) is 9.97 Å². The number of aromatic nitrogens is 2. The Morgan fingerprint density at radius 3 is 2.35 bits per heavy atom. The zero-order valence-electron chi connectivity index (χ0n) is 13.4. The second-order valence-corrected chi connectivity index (χ2v) is 6.75. The van der Waals surface area contributed by atoms with Crippen LogP contribution in [0.4, 0.5) is 19.0 Å². The van der Waals surface area contributed by atoms with Crippen molar-refractivity contribution in [3.8, 4) is 0 Å². The number of likely N-dealkylation sites (tertiary alicyclic amines) is 1. The lowest BCUT2D eigenvalue weighted by Crippen LogP contribution is -2.46. The van der Waals surface area contributed by atoms with Gasteiger partial charge in [-0.1, -0.05) is 20.8 Å². The van der Waals surface area contributed by atoms with Gasteiger partial charge in [-0.2, -0.15) is 13.2 Å². The Balaban J connectivity index is 1.94. The maximum absolute atomic E-state index is 12.6. The molecule has 0 radical (unpaired) electrons. The molecule has 5 nitrogen and oxygen atoms in total. The number of amides is 1. The Kier molecular flexibility index (Phi) is 4.81. The molecule has 0 aliphatic carbocycles. The average Bonchev–Trinajstić information content (AvgIpc) is 2.46. The first-order valence-electron chi connectivity index (χ1n) is 7.52. The molecular weight excluding hydrogens is 309 g/mol. The van der Waals surface area contributed by atoms with Crippen LogP contribution in [0.1, 0.15) is 39.3 Å². The second-order valence-electron chi connectivity index (χ2n) is 6.75. The fourth-order valence-electron chi connectivity index (χ4n) is 2.50. The molecule has 1 amide bonds. The normalized spacial score (nSPS) is 17.2. The first kappa shape index (κ1) is 17.5. The molecule has 1 saturated heterocycles. The number of hydrogen-bond acceptors (Lipinski definition) is 4. The number of nitrogens with one attached hydrogen (secondary N) is 1. The van der Waals surface area contributed by atoms with Gasteiger partial charge in [-0.3, -0.25) is 4.79 Å². The lowest BCUT2D eigenvalue weighted by molar-refractivity contribution is -0.141. The molecule has 1 aliphatic rings. The van der Waals surface area contributed by atoms with Crippen LogP contribution in [0.15, 0.2) is 12.4 Å². The summed E-state index contributed by atoms with van der Waals surface area (Å²) in [6.45, 7) is 6.80. The van der Waals surface area contributed by atoms with E-state index in [4.69, 9.17) is 0 Å². The van der Waals surface area contributed by atoms with E-state index < -0.39 is 17.3 Å². The fraction of sp³-hybridized carbons (Fsp3) is 0.667. The molecule has 0 bridgehead atoms. The molecule has 1 fully saturated rings. The minimum absolute atomic E-state index is 0.00463. The van der Waals surface area contributed by atoms with Gasteiger partial charge in [-0.15, -0.1) is 0 Å². The Morgan fingerprint density at radius 2 is 1.83 bits per heavy atom. The quantitative estimate of drug-likeness (QED) is 0.906. The van der Waals surface area contributed by atoms with Gasteiger partial charge < -0.3 is 10.2 Å². The van der Waals surface area contributed by atoms with Crippen molar-refractivity contribution in [3.05, 3.63) is 18.1 Å². The molecule has 1 aromatic rings. The van der Waals surface area contributed by atoms with Crippen molar-refractivity contribution in [3.63, 3.8) is 0 Å². The van der Waals surface area contributed by atoms with E-state index in [0.29, 0.717) is 25.9 Å². The number of piperidine rings is 1. The lowest BCUT2D eigenvalue weighted by atomic mass is 9.93. The molecule has 128 valence electrons. The van der Waals surface area contributed by atoms with Gasteiger partial charge in [0.1, 0.15) is 17.8 Å².